The van der Waals surface area contributed by atoms with Gasteiger partial charge < -0.3 is 4.98 Å². The van der Waals surface area contributed by atoms with Gasteiger partial charge in [-0.3, -0.25) is 15.3 Å². The van der Waals surface area contributed by atoms with E-state index in [1.807, 2.05) is 18.2 Å². The van der Waals surface area contributed by atoms with Gasteiger partial charge in [-0.25, -0.2) is 4.98 Å². The highest BCUT2D eigenvalue weighted by molar-refractivity contribution is 6.42. The first-order chi connectivity index (χ1) is 11.2. The van der Waals surface area contributed by atoms with Crippen molar-refractivity contribution in [2.24, 2.45) is 0 Å². The SMILES string of the molecule is CON/C(=C\Cc1nc2ccncc2[nH]1)c1ccc(Cl)c(Cl)c1. The zero-order valence-corrected chi connectivity index (χ0v) is 13.8. The Hall–Kier alpha value is -2.08. The Kier molecular flexibility index (Phi) is 4.81. The summed E-state index contributed by atoms with van der Waals surface area (Å²) in [6.45, 7) is 0. The van der Waals surface area contributed by atoms with Crippen molar-refractivity contribution in [3.63, 3.8) is 0 Å². The highest BCUT2D eigenvalue weighted by Gasteiger charge is 2.06. The Morgan fingerprint density at radius 3 is 2.91 bits per heavy atom. The van der Waals surface area contributed by atoms with Crippen molar-refractivity contribution in [2.45, 2.75) is 6.42 Å². The molecule has 5 nitrogen and oxygen atoms in total. The van der Waals surface area contributed by atoms with Crippen LogP contribution in [0.1, 0.15) is 11.4 Å². The summed E-state index contributed by atoms with van der Waals surface area (Å²) in [7, 11) is 1.55. The van der Waals surface area contributed by atoms with Gasteiger partial charge in [0.1, 0.15) is 5.82 Å². The molecule has 23 heavy (non-hydrogen) atoms. The molecule has 0 atom stereocenters. The maximum Gasteiger partial charge on any atom is 0.111 e. The minimum absolute atomic E-state index is 0.489. The number of allylic oxidation sites excluding steroid dienone is 1. The Labute approximate surface area is 143 Å². The van der Waals surface area contributed by atoms with E-state index in [0.717, 1.165) is 28.1 Å². The van der Waals surface area contributed by atoms with Crippen molar-refractivity contribution < 1.29 is 4.84 Å². The quantitative estimate of drug-likeness (QED) is 0.684. The van der Waals surface area contributed by atoms with Crippen LogP contribution in [0.4, 0.5) is 0 Å². The van der Waals surface area contributed by atoms with Gasteiger partial charge in [-0.05, 0) is 18.2 Å². The van der Waals surface area contributed by atoms with Crippen LogP contribution in [0, 0.1) is 0 Å². The van der Waals surface area contributed by atoms with Gasteiger partial charge in [-0.1, -0.05) is 35.3 Å². The number of nitrogens with zero attached hydrogens (tertiary/aromatic N) is 2. The lowest BCUT2D eigenvalue weighted by Crippen LogP contribution is -2.10. The lowest BCUT2D eigenvalue weighted by molar-refractivity contribution is 0.136. The molecule has 2 aromatic heterocycles. The van der Waals surface area contributed by atoms with E-state index in [1.54, 1.807) is 31.6 Å². The number of imidazole rings is 1. The zero-order valence-electron chi connectivity index (χ0n) is 12.3. The van der Waals surface area contributed by atoms with E-state index in [2.05, 4.69) is 20.4 Å². The Morgan fingerprint density at radius 2 is 2.17 bits per heavy atom. The molecule has 0 bridgehead atoms. The Morgan fingerprint density at radius 1 is 1.30 bits per heavy atom. The number of aromatic nitrogens is 3. The first-order valence-electron chi connectivity index (χ1n) is 6.90. The van der Waals surface area contributed by atoms with E-state index in [0.29, 0.717) is 16.5 Å². The summed E-state index contributed by atoms with van der Waals surface area (Å²) in [5.74, 6) is 0.837. The molecule has 0 spiro atoms. The summed E-state index contributed by atoms with van der Waals surface area (Å²) < 4.78 is 0. The topological polar surface area (TPSA) is 62.8 Å². The molecular weight excluding hydrogens is 335 g/mol. The third-order valence-electron chi connectivity index (χ3n) is 3.27. The molecule has 118 valence electrons. The fraction of sp³-hybridized carbons (Fsp3) is 0.125. The fourth-order valence-corrected chi connectivity index (χ4v) is 2.50. The molecule has 0 aliphatic heterocycles. The molecule has 1 aromatic carbocycles. The number of nitrogens with one attached hydrogen (secondary N) is 2. The van der Waals surface area contributed by atoms with Crippen molar-refractivity contribution in [3.8, 4) is 0 Å². The van der Waals surface area contributed by atoms with Crippen molar-refractivity contribution in [2.75, 3.05) is 7.11 Å². The number of H-pyrrole nitrogens is 1. The van der Waals surface area contributed by atoms with Crippen molar-refractivity contribution in [1.82, 2.24) is 20.4 Å². The Balaban J connectivity index is 1.87. The summed E-state index contributed by atoms with van der Waals surface area (Å²) in [5, 5.41) is 1.000. The average Bonchev–Trinajstić information content (AvgIpc) is 2.97. The number of aromatic amines is 1. The van der Waals surface area contributed by atoms with E-state index in [9.17, 15) is 0 Å². The van der Waals surface area contributed by atoms with Crippen molar-refractivity contribution >= 4 is 39.9 Å². The summed E-state index contributed by atoms with van der Waals surface area (Å²) in [6.07, 6.45) is 6.04. The smallest absolute Gasteiger partial charge is 0.111 e. The predicted molar refractivity (Wildman–Crippen MR) is 92.2 cm³/mol. The molecule has 0 saturated heterocycles. The third-order valence-corrected chi connectivity index (χ3v) is 4.01. The minimum Gasteiger partial charge on any atom is -0.340 e. The third kappa shape index (κ3) is 3.64. The van der Waals surface area contributed by atoms with E-state index >= 15 is 0 Å². The molecule has 0 aliphatic rings. The molecule has 0 saturated carbocycles. The molecule has 0 fully saturated rings. The number of halogens is 2. The summed E-state index contributed by atoms with van der Waals surface area (Å²) >= 11 is 12.0. The summed E-state index contributed by atoms with van der Waals surface area (Å²) in [5.41, 5.74) is 6.31. The normalized spacial score (nSPS) is 11.9. The van der Waals surface area contributed by atoms with E-state index in [4.69, 9.17) is 28.0 Å². The van der Waals surface area contributed by atoms with Gasteiger partial charge in [-0.15, -0.1) is 0 Å². The van der Waals surface area contributed by atoms with Crippen LogP contribution >= 0.6 is 23.2 Å². The standard InChI is InChI=1S/C16H14Cl2N4O/c1-23-22-13(10-2-3-11(17)12(18)8-10)4-5-16-20-14-6-7-19-9-15(14)21-16/h2-4,6-9,22H,5H2,1H3,(H,20,21)/b13-4-. The molecule has 3 rings (SSSR count). The number of fused-ring (bicyclic) bond motifs is 1. The van der Waals surface area contributed by atoms with E-state index in [1.165, 1.54) is 0 Å². The van der Waals surface area contributed by atoms with Crippen LogP contribution in [0.15, 0.2) is 42.7 Å². The maximum absolute atomic E-state index is 6.08. The predicted octanol–water partition coefficient (Wildman–Crippen LogP) is 4.00. The number of rotatable bonds is 5. The highest BCUT2D eigenvalue weighted by atomic mass is 35.5. The van der Waals surface area contributed by atoms with Crippen molar-refractivity contribution in [1.29, 1.82) is 0 Å². The number of pyridine rings is 1. The molecule has 0 radical (unpaired) electrons. The van der Waals surface area contributed by atoms with Gasteiger partial charge in [0.25, 0.3) is 0 Å². The van der Waals surface area contributed by atoms with Gasteiger partial charge in [0, 0.05) is 18.2 Å². The first kappa shape index (κ1) is 15.8. The molecule has 3 aromatic rings. The second-order valence-electron chi connectivity index (χ2n) is 4.83. The van der Waals surface area contributed by atoms with Crippen LogP contribution in [0.3, 0.4) is 0 Å². The molecule has 2 N–H and O–H groups in total. The molecule has 7 heteroatoms. The van der Waals surface area contributed by atoms with Crippen LogP contribution in [-0.2, 0) is 11.3 Å². The molecule has 2 heterocycles. The van der Waals surface area contributed by atoms with Crippen LogP contribution in [0.25, 0.3) is 16.7 Å². The number of hydroxylamine groups is 1. The van der Waals surface area contributed by atoms with Crippen LogP contribution in [0.5, 0.6) is 0 Å². The van der Waals surface area contributed by atoms with Crippen LogP contribution in [-0.4, -0.2) is 22.1 Å². The zero-order chi connectivity index (χ0) is 16.2. The Bertz CT molecular complexity index is 827. The van der Waals surface area contributed by atoms with Gasteiger partial charge >= 0.3 is 0 Å². The highest BCUT2D eigenvalue weighted by Crippen LogP contribution is 2.25. The number of benzene rings is 1. The molecule has 0 amide bonds. The van der Waals surface area contributed by atoms with Gasteiger partial charge in [0.15, 0.2) is 0 Å². The monoisotopic (exact) mass is 348 g/mol. The van der Waals surface area contributed by atoms with Gasteiger partial charge in [-0.2, -0.15) is 0 Å². The second-order valence-corrected chi connectivity index (χ2v) is 5.65. The average molecular weight is 349 g/mol. The van der Waals surface area contributed by atoms with E-state index < -0.39 is 0 Å². The maximum atomic E-state index is 6.08. The number of hydrogen-bond donors (Lipinski definition) is 2. The minimum atomic E-state index is 0.489. The van der Waals surface area contributed by atoms with Gasteiger partial charge in [0.2, 0.25) is 0 Å². The molecule has 0 unspecified atom stereocenters. The van der Waals surface area contributed by atoms with Gasteiger partial charge in [0.05, 0.1) is 40.1 Å². The van der Waals surface area contributed by atoms with E-state index in [-0.39, 0.29) is 0 Å². The van der Waals surface area contributed by atoms with Crippen LogP contribution < -0.4 is 5.48 Å². The summed E-state index contributed by atoms with van der Waals surface area (Å²) in [6, 6.07) is 7.27. The lowest BCUT2D eigenvalue weighted by Gasteiger charge is -2.10. The molecule has 0 aliphatic carbocycles. The number of hydrogen-bond acceptors (Lipinski definition) is 4. The summed E-state index contributed by atoms with van der Waals surface area (Å²) in [4.78, 5) is 16.9. The lowest BCUT2D eigenvalue weighted by atomic mass is 10.1. The largest absolute Gasteiger partial charge is 0.340 e. The van der Waals surface area contributed by atoms with Crippen LogP contribution in [0.2, 0.25) is 10.0 Å². The second kappa shape index (κ2) is 7.00. The fourth-order valence-electron chi connectivity index (χ4n) is 2.20. The molecular formula is C16H14Cl2N4O. The van der Waals surface area contributed by atoms with Crippen molar-refractivity contribution in [3.05, 3.63) is 64.2 Å². The first-order valence-corrected chi connectivity index (χ1v) is 7.66.